The number of nitrogens with two attached hydrogens (primary N) is 1. The average Bonchev–Trinajstić information content (AvgIpc) is 2.98. The zero-order chi connectivity index (χ0) is 15.2. The second-order valence-electron chi connectivity index (χ2n) is 5.28. The third-order valence-electron chi connectivity index (χ3n) is 4.09. The van der Waals surface area contributed by atoms with Gasteiger partial charge >= 0.3 is 0 Å². The zero-order valence-electron chi connectivity index (χ0n) is 11.4. The van der Waals surface area contributed by atoms with Crippen molar-refractivity contribution in [3.63, 3.8) is 0 Å². The summed E-state index contributed by atoms with van der Waals surface area (Å²) in [4.78, 5) is 19.4. The van der Waals surface area contributed by atoms with Crippen LogP contribution in [0.4, 0.5) is 5.82 Å². The predicted molar refractivity (Wildman–Crippen MR) is 76.7 cm³/mol. The molecule has 2 aromatic heterocycles. The Morgan fingerprint density at radius 3 is 3.05 bits per heavy atom. The van der Waals surface area contributed by atoms with Crippen LogP contribution in [0.15, 0.2) is 12.5 Å². The van der Waals surface area contributed by atoms with Crippen LogP contribution in [0.3, 0.4) is 0 Å². The van der Waals surface area contributed by atoms with Crippen LogP contribution in [0.2, 0.25) is 5.02 Å². The molecule has 3 heterocycles. The summed E-state index contributed by atoms with van der Waals surface area (Å²) in [5.74, 6) is 0.166. The summed E-state index contributed by atoms with van der Waals surface area (Å²) in [5.41, 5.74) is 5.17. The smallest absolute Gasteiger partial charge is 0.154 e. The van der Waals surface area contributed by atoms with Gasteiger partial charge in [-0.15, -0.1) is 0 Å². The van der Waals surface area contributed by atoms with E-state index in [1.165, 1.54) is 6.33 Å². The number of halogens is 1. The van der Waals surface area contributed by atoms with Crippen LogP contribution in [0, 0.1) is 5.92 Å². The fourth-order valence-corrected chi connectivity index (χ4v) is 3.03. The van der Waals surface area contributed by atoms with Gasteiger partial charge in [-0.3, -0.25) is 0 Å². The Balaban J connectivity index is 2.07. The molecular weight excluding hydrogens is 296 g/mol. The van der Waals surface area contributed by atoms with Crippen LogP contribution >= 0.6 is 11.6 Å². The van der Waals surface area contributed by atoms with Crippen molar-refractivity contribution in [2.45, 2.75) is 25.2 Å². The van der Waals surface area contributed by atoms with Gasteiger partial charge in [-0.05, 0) is 12.3 Å². The third-order valence-corrected chi connectivity index (χ3v) is 4.38. The molecular formula is C13H15ClN4O3. The van der Waals surface area contributed by atoms with Crippen molar-refractivity contribution in [2.75, 3.05) is 12.3 Å². The second-order valence-corrected chi connectivity index (χ2v) is 5.69. The van der Waals surface area contributed by atoms with Crippen LogP contribution in [-0.4, -0.2) is 38.1 Å². The number of nitrogen functional groups attached to an aromatic ring is 1. The van der Waals surface area contributed by atoms with Gasteiger partial charge in [0.15, 0.2) is 11.9 Å². The first-order chi connectivity index (χ1) is 10.0. The molecule has 0 spiro atoms. The first-order valence-electron chi connectivity index (χ1n) is 6.54. The van der Waals surface area contributed by atoms with Gasteiger partial charge in [0.1, 0.15) is 24.0 Å². The molecule has 7 nitrogen and oxygen atoms in total. The highest BCUT2D eigenvalue weighted by Crippen LogP contribution is 2.42. The maximum absolute atomic E-state index is 11.3. The number of carbonyl (C=O) groups excluding carboxylic acids is 1. The minimum atomic E-state index is -1.19. The molecule has 3 rings (SSSR count). The summed E-state index contributed by atoms with van der Waals surface area (Å²) in [6.45, 7) is 1.50. The lowest BCUT2D eigenvalue weighted by Crippen LogP contribution is -2.40. The van der Waals surface area contributed by atoms with Gasteiger partial charge in [0, 0.05) is 6.20 Å². The van der Waals surface area contributed by atoms with Gasteiger partial charge in [-0.2, -0.15) is 0 Å². The number of nitrogens with zero attached hydrogens (tertiary/aromatic N) is 3. The molecule has 0 bridgehead atoms. The normalized spacial score (nSPS) is 29.1. The second kappa shape index (κ2) is 4.94. The van der Waals surface area contributed by atoms with Crippen molar-refractivity contribution in [2.24, 2.45) is 5.92 Å². The Labute approximate surface area is 125 Å². The Kier molecular flexibility index (Phi) is 3.35. The lowest BCUT2D eigenvalue weighted by Gasteiger charge is -2.24. The van der Waals surface area contributed by atoms with Crippen molar-refractivity contribution < 1.29 is 14.6 Å². The molecule has 2 aromatic rings. The first-order valence-corrected chi connectivity index (χ1v) is 6.91. The highest BCUT2D eigenvalue weighted by Gasteiger charge is 2.47. The van der Waals surface area contributed by atoms with Crippen molar-refractivity contribution in [3.05, 3.63) is 17.5 Å². The zero-order valence-corrected chi connectivity index (χ0v) is 12.1. The van der Waals surface area contributed by atoms with Gasteiger partial charge < -0.3 is 24.9 Å². The van der Waals surface area contributed by atoms with Gasteiger partial charge in [0.2, 0.25) is 0 Å². The molecule has 21 heavy (non-hydrogen) atoms. The molecule has 0 aliphatic carbocycles. The van der Waals surface area contributed by atoms with E-state index in [2.05, 4.69) is 9.97 Å². The number of hydrogen-bond donors (Lipinski definition) is 2. The number of fused-ring (bicyclic) bond motifs is 1. The van der Waals surface area contributed by atoms with E-state index in [4.69, 9.17) is 22.1 Å². The number of carbonyl (C=O) groups is 1. The van der Waals surface area contributed by atoms with Gasteiger partial charge in [0.05, 0.1) is 17.0 Å². The number of aliphatic hydroxyl groups is 1. The maximum Gasteiger partial charge on any atom is 0.154 e. The number of aromatic nitrogens is 3. The van der Waals surface area contributed by atoms with Crippen molar-refractivity contribution in [3.8, 4) is 0 Å². The van der Waals surface area contributed by atoms with Crippen LogP contribution in [0.5, 0.6) is 0 Å². The molecule has 0 radical (unpaired) electrons. The molecule has 8 heteroatoms. The van der Waals surface area contributed by atoms with E-state index < -0.39 is 11.8 Å². The van der Waals surface area contributed by atoms with Crippen LogP contribution in [-0.2, 0) is 9.53 Å². The van der Waals surface area contributed by atoms with E-state index in [1.807, 2.05) is 6.92 Å². The van der Waals surface area contributed by atoms with E-state index in [-0.39, 0.29) is 12.5 Å². The van der Waals surface area contributed by atoms with E-state index in [1.54, 1.807) is 10.8 Å². The summed E-state index contributed by atoms with van der Waals surface area (Å²) in [7, 11) is 0. The lowest BCUT2D eigenvalue weighted by atomic mass is 9.91. The standard InChI is InChI=1S/C13H15ClN4O3/c1-7-2-9(21-13(7,4-19)5-20)18-3-8(14)10-11(15)16-6-17-12(10)18/h3-4,6-7,9,20H,2,5H2,1H3,(H2,15,16,17)/t7-,9+,13+/m0/s1. The molecule has 1 aliphatic rings. The lowest BCUT2D eigenvalue weighted by molar-refractivity contribution is -0.144. The number of rotatable bonds is 3. The molecule has 0 saturated carbocycles. The molecule has 3 atom stereocenters. The number of aldehydes is 1. The Hall–Kier alpha value is -1.70. The van der Waals surface area contributed by atoms with Crippen LogP contribution in [0.25, 0.3) is 11.0 Å². The quantitative estimate of drug-likeness (QED) is 0.824. The number of hydrogen-bond acceptors (Lipinski definition) is 6. The monoisotopic (exact) mass is 310 g/mol. The fraction of sp³-hybridized carbons (Fsp3) is 0.462. The minimum absolute atomic E-state index is 0.125. The molecule has 0 unspecified atom stereocenters. The van der Waals surface area contributed by atoms with Crippen LogP contribution in [0.1, 0.15) is 19.6 Å². The molecule has 0 amide bonds. The summed E-state index contributed by atoms with van der Waals surface area (Å²) in [6.07, 6.45) is 3.79. The summed E-state index contributed by atoms with van der Waals surface area (Å²) in [5, 5.41) is 10.5. The molecule has 112 valence electrons. The summed E-state index contributed by atoms with van der Waals surface area (Å²) < 4.78 is 7.52. The predicted octanol–water partition coefficient (Wildman–Crippen LogP) is 1.15. The first kappa shape index (κ1) is 14.2. The van der Waals surface area contributed by atoms with Gasteiger partial charge in [-0.1, -0.05) is 18.5 Å². The highest BCUT2D eigenvalue weighted by atomic mass is 35.5. The van der Waals surface area contributed by atoms with Crippen LogP contribution < -0.4 is 5.73 Å². The molecule has 0 aromatic carbocycles. The van der Waals surface area contributed by atoms with E-state index in [0.717, 1.165) is 0 Å². The van der Waals surface area contributed by atoms with E-state index in [9.17, 15) is 9.90 Å². The number of anilines is 1. The minimum Gasteiger partial charge on any atom is -0.393 e. The Morgan fingerprint density at radius 1 is 1.67 bits per heavy atom. The molecule has 3 N–H and O–H groups in total. The van der Waals surface area contributed by atoms with Crippen molar-refractivity contribution in [1.82, 2.24) is 14.5 Å². The molecule has 1 saturated heterocycles. The summed E-state index contributed by atoms with van der Waals surface area (Å²) >= 11 is 6.18. The van der Waals surface area contributed by atoms with Gasteiger partial charge in [-0.25, -0.2) is 9.97 Å². The van der Waals surface area contributed by atoms with E-state index >= 15 is 0 Å². The Morgan fingerprint density at radius 2 is 2.43 bits per heavy atom. The highest BCUT2D eigenvalue weighted by molar-refractivity contribution is 6.36. The topological polar surface area (TPSA) is 103 Å². The number of aliphatic hydroxyl groups excluding tert-OH is 1. The maximum atomic E-state index is 11.3. The SMILES string of the molecule is C[C@H]1C[C@H](n2cc(Cl)c3c(N)ncnc32)O[C@]1(C=O)CO. The van der Waals surface area contributed by atoms with E-state index in [0.29, 0.717) is 34.6 Å². The fourth-order valence-electron chi connectivity index (χ4n) is 2.75. The number of ether oxygens (including phenoxy) is 1. The van der Waals surface area contributed by atoms with Gasteiger partial charge in [0.25, 0.3) is 0 Å². The summed E-state index contributed by atoms with van der Waals surface area (Å²) in [6, 6.07) is 0. The average molecular weight is 311 g/mol. The van der Waals surface area contributed by atoms with Crippen molar-refractivity contribution in [1.29, 1.82) is 0 Å². The van der Waals surface area contributed by atoms with Crippen molar-refractivity contribution >= 4 is 34.7 Å². The largest absolute Gasteiger partial charge is 0.393 e. The molecule has 1 fully saturated rings. The Bertz CT molecular complexity index is 704. The molecule has 1 aliphatic heterocycles. The third kappa shape index (κ3) is 2.00.